The van der Waals surface area contributed by atoms with E-state index in [-0.39, 0.29) is 6.03 Å². The minimum atomic E-state index is -0.487. The molecule has 0 unspecified atom stereocenters. The van der Waals surface area contributed by atoms with Crippen molar-refractivity contribution in [2.24, 2.45) is 5.73 Å². The molecule has 6 nitrogen and oxygen atoms in total. The van der Waals surface area contributed by atoms with Gasteiger partial charge < -0.3 is 16.4 Å². The van der Waals surface area contributed by atoms with Crippen LogP contribution in [0.1, 0.15) is 21.5 Å². The fourth-order valence-electron chi connectivity index (χ4n) is 1.76. The van der Waals surface area contributed by atoms with E-state index in [0.29, 0.717) is 18.7 Å². The number of nitrogens with two attached hydrogens (primary N) is 1. The number of hydrogen-bond acceptors (Lipinski definition) is 3. The van der Waals surface area contributed by atoms with Crippen LogP contribution < -0.4 is 16.4 Å². The summed E-state index contributed by atoms with van der Waals surface area (Å²) in [7, 11) is 0. The summed E-state index contributed by atoms with van der Waals surface area (Å²) in [5.41, 5.74) is 7.41. The fourth-order valence-corrected chi connectivity index (χ4v) is 1.76. The molecule has 2 aromatic rings. The molecule has 0 fully saturated rings. The van der Waals surface area contributed by atoms with Crippen LogP contribution in [0.2, 0.25) is 0 Å². The van der Waals surface area contributed by atoms with Gasteiger partial charge in [-0.2, -0.15) is 0 Å². The summed E-state index contributed by atoms with van der Waals surface area (Å²) in [6.45, 7) is 0.749. The maximum Gasteiger partial charge on any atom is 0.315 e. The standard InChI is InChI=1S/C15H16N4O2/c16-14(20)13-3-1-2-12(8-13)10-19-15(21)18-9-11-4-6-17-7-5-11/h1-8H,9-10H2,(H2,16,20)(H2,18,19,21). The van der Waals surface area contributed by atoms with Crippen molar-refractivity contribution >= 4 is 11.9 Å². The first-order chi connectivity index (χ1) is 10.1. The molecule has 3 amide bonds. The van der Waals surface area contributed by atoms with Crippen LogP contribution in [0.5, 0.6) is 0 Å². The summed E-state index contributed by atoms with van der Waals surface area (Å²) < 4.78 is 0. The van der Waals surface area contributed by atoms with E-state index in [1.807, 2.05) is 18.2 Å². The van der Waals surface area contributed by atoms with Crippen LogP contribution in [0.3, 0.4) is 0 Å². The lowest BCUT2D eigenvalue weighted by atomic mass is 10.1. The van der Waals surface area contributed by atoms with Gasteiger partial charge in [-0.25, -0.2) is 4.79 Å². The predicted octanol–water partition coefficient (Wildman–Crippen LogP) is 1.18. The molecule has 2 rings (SSSR count). The lowest BCUT2D eigenvalue weighted by Crippen LogP contribution is -2.34. The zero-order valence-electron chi connectivity index (χ0n) is 11.4. The minimum absolute atomic E-state index is 0.281. The van der Waals surface area contributed by atoms with Crippen LogP contribution in [0.4, 0.5) is 4.79 Å². The van der Waals surface area contributed by atoms with Crippen molar-refractivity contribution in [1.29, 1.82) is 0 Å². The highest BCUT2D eigenvalue weighted by atomic mass is 16.2. The van der Waals surface area contributed by atoms with Gasteiger partial charge in [-0.15, -0.1) is 0 Å². The topological polar surface area (TPSA) is 97.1 Å². The number of aromatic nitrogens is 1. The molecule has 0 aliphatic rings. The SMILES string of the molecule is NC(=O)c1cccc(CNC(=O)NCc2ccncc2)c1. The molecule has 1 aromatic carbocycles. The van der Waals surface area contributed by atoms with Crippen molar-refractivity contribution in [3.8, 4) is 0 Å². The molecule has 108 valence electrons. The Morgan fingerprint density at radius 2 is 1.67 bits per heavy atom. The Morgan fingerprint density at radius 1 is 1.00 bits per heavy atom. The molecule has 4 N–H and O–H groups in total. The summed E-state index contributed by atoms with van der Waals surface area (Å²) in [5, 5.41) is 5.45. The quantitative estimate of drug-likeness (QED) is 0.769. The summed E-state index contributed by atoms with van der Waals surface area (Å²) in [6.07, 6.45) is 3.34. The Morgan fingerprint density at radius 3 is 2.33 bits per heavy atom. The largest absolute Gasteiger partial charge is 0.366 e. The Labute approximate surface area is 122 Å². The third-order valence-corrected chi connectivity index (χ3v) is 2.87. The van der Waals surface area contributed by atoms with Gasteiger partial charge in [-0.05, 0) is 35.4 Å². The fraction of sp³-hybridized carbons (Fsp3) is 0.133. The van der Waals surface area contributed by atoms with Gasteiger partial charge in [0.2, 0.25) is 5.91 Å². The molecule has 0 bridgehead atoms. The third-order valence-electron chi connectivity index (χ3n) is 2.87. The molecule has 0 saturated carbocycles. The maximum atomic E-state index is 11.7. The zero-order chi connectivity index (χ0) is 15.1. The first-order valence-corrected chi connectivity index (χ1v) is 6.44. The van der Waals surface area contributed by atoms with Gasteiger partial charge in [0.25, 0.3) is 0 Å². The molecule has 0 saturated heterocycles. The van der Waals surface area contributed by atoms with E-state index in [0.717, 1.165) is 11.1 Å². The molecule has 0 spiro atoms. The van der Waals surface area contributed by atoms with E-state index < -0.39 is 5.91 Å². The molecule has 0 aliphatic carbocycles. The molecule has 0 radical (unpaired) electrons. The van der Waals surface area contributed by atoms with Crippen LogP contribution in [0.25, 0.3) is 0 Å². The third kappa shape index (κ3) is 4.61. The number of primary amides is 1. The van der Waals surface area contributed by atoms with Crippen LogP contribution in [-0.4, -0.2) is 16.9 Å². The van der Waals surface area contributed by atoms with E-state index in [1.54, 1.807) is 30.6 Å². The number of amides is 3. The van der Waals surface area contributed by atoms with E-state index >= 15 is 0 Å². The second-order valence-corrected chi connectivity index (χ2v) is 4.46. The Hall–Kier alpha value is -2.89. The number of nitrogens with zero attached hydrogens (tertiary/aromatic N) is 1. The lowest BCUT2D eigenvalue weighted by Gasteiger charge is -2.08. The first kappa shape index (κ1) is 14.5. The predicted molar refractivity (Wildman–Crippen MR) is 78.3 cm³/mol. The summed E-state index contributed by atoms with van der Waals surface area (Å²) >= 11 is 0. The number of nitrogens with one attached hydrogen (secondary N) is 2. The van der Waals surface area contributed by atoms with Gasteiger partial charge in [0.1, 0.15) is 0 Å². The van der Waals surface area contributed by atoms with Gasteiger partial charge in [-0.3, -0.25) is 9.78 Å². The van der Waals surface area contributed by atoms with Crippen molar-refractivity contribution < 1.29 is 9.59 Å². The average molecular weight is 284 g/mol. The van der Waals surface area contributed by atoms with Crippen LogP contribution >= 0.6 is 0 Å². The Balaban J connectivity index is 1.81. The smallest absolute Gasteiger partial charge is 0.315 e. The highest BCUT2D eigenvalue weighted by Gasteiger charge is 2.03. The number of pyridine rings is 1. The molecular formula is C15H16N4O2. The number of urea groups is 1. The van der Waals surface area contributed by atoms with Gasteiger partial charge >= 0.3 is 6.03 Å². The summed E-state index contributed by atoms with van der Waals surface area (Å²) in [6, 6.07) is 10.2. The monoisotopic (exact) mass is 284 g/mol. The number of benzene rings is 1. The van der Waals surface area contributed by atoms with Gasteiger partial charge in [-0.1, -0.05) is 12.1 Å². The van der Waals surface area contributed by atoms with E-state index in [1.165, 1.54) is 0 Å². The molecule has 1 heterocycles. The Bertz CT molecular complexity index is 629. The normalized spacial score (nSPS) is 9.90. The lowest BCUT2D eigenvalue weighted by molar-refractivity contribution is 0.1000. The second-order valence-electron chi connectivity index (χ2n) is 4.46. The summed E-state index contributed by atoms with van der Waals surface area (Å²) in [4.78, 5) is 26.7. The van der Waals surface area contributed by atoms with Gasteiger partial charge in [0.15, 0.2) is 0 Å². The number of carbonyl (C=O) groups is 2. The van der Waals surface area contributed by atoms with Crippen molar-refractivity contribution in [2.75, 3.05) is 0 Å². The second kappa shape index (κ2) is 7.04. The molecule has 0 aliphatic heterocycles. The van der Waals surface area contributed by atoms with E-state index in [2.05, 4.69) is 15.6 Å². The van der Waals surface area contributed by atoms with Crippen molar-refractivity contribution in [3.63, 3.8) is 0 Å². The number of carbonyl (C=O) groups excluding carboxylic acids is 2. The van der Waals surface area contributed by atoms with Crippen molar-refractivity contribution in [3.05, 3.63) is 65.5 Å². The van der Waals surface area contributed by atoms with Crippen molar-refractivity contribution in [1.82, 2.24) is 15.6 Å². The van der Waals surface area contributed by atoms with Gasteiger partial charge in [0, 0.05) is 31.0 Å². The van der Waals surface area contributed by atoms with Crippen LogP contribution in [0.15, 0.2) is 48.8 Å². The Kier molecular flexibility index (Phi) is 4.87. The average Bonchev–Trinajstić information content (AvgIpc) is 2.52. The van der Waals surface area contributed by atoms with E-state index in [9.17, 15) is 9.59 Å². The van der Waals surface area contributed by atoms with Crippen molar-refractivity contribution in [2.45, 2.75) is 13.1 Å². The highest BCUT2D eigenvalue weighted by molar-refractivity contribution is 5.92. The van der Waals surface area contributed by atoms with Crippen LogP contribution in [-0.2, 0) is 13.1 Å². The van der Waals surface area contributed by atoms with Gasteiger partial charge in [0.05, 0.1) is 0 Å². The number of hydrogen-bond donors (Lipinski definition) is 3. The molecule has 21 heavy (non-hydrogen) atoms. The maximum absolute atomic E-state index is 11.7. The number of rotatable bonds is 5. The molecule has 6 heteroatoms. The minimum Gasteiger partial charge on any atom is -0.366 e. The highest BCUT2D eigenvalue weighted by Crippen LogP contribution is 2.04. The van der Waals surface area contributed by atoms with E-state index in [4.69, 9.17) is 5.73 Å². The molecule has 0 atom stereocenters. The first-order valence-electron chi connectivity index (χ1n) is 6.44. The summed E-state index contributed by atoms with van der Waals surface area (Å²) in [5.74, 6) is -0.487. The van der Waals surface area contributed by atoms with Crippen LogP contribution in [0, 0.1) is 0 Å². The zero-order valence-corrected chi connectivity index (χ0v) is 11.4. The molecular weight excluding hydrogens is 268 g/mol. The molecule has 1 aromatic heterocycles.